The molecule has 0 radical (unpaired) electrons. The third kappa shape index (κ3) is 8.73. The van der Waals surface area contributed by atoms with Gasteiger partial charge in [-0.3, -0.25) is 4.79 Å². The van der Waals surface area contributed by atoms with Gasteiger partial charge >= 0.3 is 6.03 Å². The van der Waals surface area contributed by atoms with Crippen LogP contribution in [-0.4, -0.2) is 94.0 Å². The SMILES string of the molecule is CC(C)CN(C[C@@H](O)[C@H](Cc1ccccc1)NC(=O)[C@H](C(C)C)N1CCN(Cc2csc(C3CC3)n2)C1=O)S(=O)(=O)c1ccc(O)cc1. The molecule has 48 heavy (non-hydrogen) atoms. The molecule has 3 aromatic rings. The zero-order valence-corrected chi connectivity index (χ0v) is 29.7. The number of carbonyl (C=O) groups excluding carboxylic acids is 2. The van der Waals surface area contributed by atoms with Gasteiger partial charge in [-0.2, -0.15) is 4.31 Å². The predicted molar refractivity (Wildman–Crippen MR) is 185 cm³/mol. The Balaban J connectivity index is 1.34. The average Bonchev–Trinajstić information content (AvgIpc) is 3.69. The van der Waals surface area contributed by atoms with E-state index < -0.39 is 34.1 Å². The summed E-state index contributed by atoms with van der Waals surface area (Å²) in [6.07, 6.45) is 1.31. The first-order valence-electron chi connectivity index (χ1n) is 16.6. The van der Waals surface area contributed by atoms with Crippen molar-refractivity contribution in [2.45, 2.75) is 82.5 Å². The molecule has 3 N–H and O–H groups in total. The second kappa shape index (κ2) is 15.4. The summed E-state index contributed by atoms with van der Waals surface area (Å²) in [7, 11) is -4.04. The monoisotopic (exact) mass is 697 g/mol. The van der Waals surface area contributed by atoms with E-state index >= 15 is 0 Å². The van der Waals surface area contributed by atoms with Crippen LogP contribution in [0.15, 0.2) is 64.9 Å². The summed E-state index contributed by atoms with van der Waals surface area (Å²) in [6, 6.07) is 12.8. The second-order valence-corrected chi connectivity index (χ2v) is 16.4. The number of aliphatic hydroxyl groups excluding tert-OH is 1. The van der Waals surface area contributed by atoms with E-state index in [1.807, 2.05) is 63.4 Å². The molecular formula is C35H47N5O6S2. The van der Waals surface area contributed by atoms with Crippen LogP contribution in [0.5, 0.6) is 5.75 Å². The molecule has 0 unspecified atom stereocenters. The molecule has 5 rings (SSSR count). The quantitative estimate of drug-likeness (QED) is 0.201. The molecular weight excluding hydrogens is 651 g/mol. The minimum Gasteiger partial charge on any atom is -0.508 e. The number of hydrogen-bond acceptors (Lipinski definition) is 8. The van der Waals surface area contributed by atoms with Gasteiger partial charge in [-0.1, -0.05) is 58.0 Å². The molecule has 0 spiro atoms. The number of aromatic nitrogens is 1. The average molecular weight is 698 g/mol. The number of carbonyl (C=O) groups is 2. The van der Waals surface area contributed by atoms with Crippen molar-refractivity contribution in [2.24, 2.45) is 11.8 Å². The Bertz CT molecular complexity index is 1640. The first-order valence-corrected chi connectivity index (χ1v) is 19.0. The highest BCUT2D eigenvalue weighted by molar-refractivity contribution is 7.89. The highest BCUT2D eigenvalue weighted by Crippen LogP contribution is 2.41. The first-order chi connectivity index (χ1) is 22.8. The maximum atomic E-state index is 14.1. The van der Waals surface area contributed by atoms with Crippen molar-refractivity contribution in [3.8, 4) is 5.75 Å². The standard InChI is InChI=1S/C35H47N5O6S2/c1-23(2)19-39(48(45,46)29-14-12-28(41)13-15-29)21-31(42)30(18-25-8-6-5-7-9-25)37-33(43)32(24(3)4)40-17-16-38(35(40)44)20-27-22-47-34(36-27)26-10-11-26/h5-9,12-15,22-24,26,30-32,41-42H,10-11,16-21H2,1-4H3,(H,37,43)/t30-,31+,32-/m0/s1. The van der Waals surface area contributed by atoms with Crippen LogP contribution in [0.2, 0.25) is 0 Å². The van der Waals surface area contributed by atoms with Gasteiger partial charge < -0.3 is 25.3 Å². The van der Waals surface area contributed by atoms with Gasteiger partial charge in [-0.25, -0.2) is 18.2 Å². The van der Waals surface area contributed by atoms with Crippen LogP contribution >= 0.6 is 11.3 Å². The Labute approximate surface area is 287 Å². The van der Waals surface area contributed by atoms with Gasteiger partial charge in [0.2, 0.25) is 15.9 Å². The number of nitrogens with one attached hydrogen (secondary N) is 1. The van der Waals surface area contributed by atoms with E-state index in [0.29, 0.717) is 25.6 Å². The minimum atomic E-state index is -4.04. The van der Waals surface area contributed by atoms with E-state index in [-0.39, 0.29) is 48.0 Å². The number of phenolic OH excluding ortho intramolecular Hbond substituents is 1. The third-order valence-electron chi connectivity index (χ3n) is 8.74. The van der Waals surface area contributed by atoms with Crippen LogP contribution in [0.3, 0.4) is 0 Å². The summed E-state index contributed by atoms with van der Waals surface area (Å²) in [5.74, 6) is -0.184. The molecule has 13 heteroatoms. The van der Waals surface area contributed by atoms with Crippen LogP contribution in [0.1, 0.15) is 62.7 Å². The Kier molecular flexibility index (Phi) is 11.4. The van der Waals surface area contributed by atoms with Crippen molar-refractivity contribution >= 4 is 33.3 Å². The molecule has 3 amide bonds. The molecule has 0 bridgehead atoms. The fraction of sp³-hybridized carbons (Fsp3) is 0.514. The number of aromatic hydroxyl groups is 1. The van der Waals surface area contributed by atoms with E-state index in [9.17, 15) is 28.2 Å². The van der Waals surface area contributed by atoms with E-state index in [1.165, 1.54) is 41.4 Å². The number of phenols is 1. The summed E-state index contributed by atoms with van der Waals surface area (Å²) in [5.41, 5.74) is 1.72. The molecule has 11 nitrogen and oxygen atoms in total. The van der Waals surface area contributed by atoms with Crippen LogP contribution in [0.4, 0.5) is 4.79 Å². The summed E-state index contributed by atoms with van der Waals surface area (Å²) in [4.78, 5) is 35.8. The van der Waals surface area contributed by atoms with E-state index in [2.05, 4.69) is 5.32 Å². The lowest BCUT2D eigenvalue weighted by atomic mass is 9.97. The van der Waals surface area contributed by atoms with Gasteiger partial charge in [0.05, 0.1) is 34.3 Å². The van der Waals surface area contributed by atoms with Crippen LogP contribution in [0.25, 0.3) is 0 Å². The Morgan fingerprint density at radius 2 is 1.73 bits per heavy atom. The first kappa shape index (κ1) is 35.8. The molecule has 2 fully saturated rings. The Morgan fingerprint density at radius 3 is 2.35 bits per heavy atom. The number of hydrogen-bond donors (Lipinski definition) is 3. The molecule has 1 saturated carbocycles. The maximum Gasteiger partial charge on any atom is 0.321 e. The minimum absolute atomic E-state index is 0.00446. The molecule has 2 heterocycles. The van der Waals surface area contributed by atoms with Crippen molar-refractivity contribution in [1.82, 2.24) is 24.4 Å². The number of benzene rings is 2. The van der Waals surface area contributed by atoms with E-state index in [4.69, 9.17) is 4.98 Å². The molecule has 1 saturated heterocycles. The summed E-state index contributed by atoms with van der Waals surface area (Å²) >= 11 is 1.64. The number of urea groups is 1. The van der Waals surface area contributed by atoms with Crippen molar-refractivity contribution in [1.29, 1.82) is 0 Å². The smallest absolute Gasteiger partial charge is 0.321 e. The van der Waals surface area contributed by atoms with Crippen molar-refractivity contribution in [3.63, 3.8) is 0 Å². The Morgan fingerprint density at radius 1 is 1.04 bits per heavy atom. The van der Waals surface area contributed by atoms with Gasteiger partial charge in [-0.15, -0.1) is 11.3 Å². The normalized spacial score (nSPS) is 17.4. The van der Waals surface area contributed by atoms with Crippen LogP contribution in [0, 0.1) is 11.8 Å². The topological polar surface area (TPSA) is 143 Å². The zero-order valence-electron chi connectivity index (χ0n) is 28.0. The van der Waals surface area contributed by atoms with Crippen molar-refractivity contribution in [3.05, 3.63) is 76.2 Å². The van der Waals surface area contributed by atoms with Gasteiger partial charge in [0.15, 0.2) is 0 Å². The number of aliphatic hydroxyl groups is 1. The number of rotatable bonds is 16. The fourth-order valence-corrected chi connectivity index (χ4v) is 8.72. The molecule has 3 atom stereocenters. The lowest BCUT2D eigenvalue weighted by Gasteiger charge is -2.34. The summed E-state index contributed by atoms with van der Waals surface area (Å²) in [5, 5.41) is 27.6. The van der Waals surface area contributed by atoms with Gasteiger partial charge in [0.1, 0.15) is 11.8 Å². The number of sulfonamides is 1. The molecule has 1 aromatic heterocycles. The summed E-state index contributed by atoms with van der Waals surface area (Å²) in [6.45, 7) is 8.67. The van der Waals surface area contributed by atoms with Crippen molar-refractivity contribution < 1.29 is 28.2 Å². The zero-order chi connectivity index (χ0) is 34.6. The van der Waals surface area contributed by atoms with Gasteiger partial charge in [-0.05, 0) is 60.9 Å². The molecule has 2 aliphatic rings. The van der Waals surface area contributed by atoms with Crippen molar-refractivity contribution in [2.75, 3.05) is 26.2 Å². The van der Waals surface area contributed by atoms with E-state index in [1.54, 1.807) is 21.1 Å². The molecule has 2 aromatic carbocycles. The summed E-state index contributed by atoms with van der Waals surface area (Å²) < 4.78 is 28.7. The van der Waals surface area contributed by atoms with Crippen LogP contribution < -0.4 is 5.32 Å². The Hall–Kier alpha value is -3.52. The second-order valence-electron chi connectivity index (χ2n) is 13.6. The predicted octanol–water partition coefficient (Wildman–Crippen LogP) is 4.42. The fourth-order valence-electron chi connectivity index (χ4n) is 6.12. The third-order valence-corrected chi connectivity index (χ3v) is 11.6. The molecule has 260 valence electrons. The van der Waals surface area contributed by atoms with Gasteiger partial charge in [0.25, 0.3) is 0 Å². The lowest BCUT2D eigenvalue weighted by molar-refractivity contribution is -0.128. The lowest BCUT2D eigenvalue weighted by Crippen LogP contribution is -2.57. The van der Waals surface area contributed by atoms with Crippen LogP contribution in [-0.2, 0) is 27.8 Å². The molecule has 1 aliphatic heterocycles. The largest absolute Gasteiger partial charge is 0.508 e. The maximum absolute atomic E-state index is 14.1. The number of thiazole rings is 1. The highest BCUT2D eigenvalue weighted by atomic mass is 32.2. The molecule has 1 aliphatic carbocycles. The van der Waals surface area contributed by atoms with Gasteiger partial charge in [0, 0.05) is 37.5 Å². The van der Waals surface area contributed by atoms with E-state index in [0.717, 1.165) is 16.3 Å². The highest BCUT2D eigenvalue weighted by Gasteiger charge is 2.41. The number of nitrogens with zero attached hydrogens (tertiary/aromatic N) is 4. The number of amides is 3.